The first-order valence-electron chi connectivity index (χ1n) is 28.8. The van der Waals surface area contributed by atoms with Crippen LogP contribution in [0, 0.1) is 151 Å². The molecular formula is C72H98Cd2I4Li2O4. The molecule has 4 heterocycles. The summed E-state index contributed by atoms with van der Waals surface area (Å²) in [6.07, 6.45) is 10.2. The molecule has 0 amide bonds. The van der Waals surface area contributed by atoms with Crippen LogP contribution in [0.25, 0.3) is 44.5 Å². The Morgan fingerprint density at radius 2 is 0.345 bits per heavy atom. The van der Waals surface area contributed by atoms with Gasteiger partial charge in [-0.2, -0.15) is 0 Å². The molecule has 0 saturated carbocycles. The zero-order valence-corrected chi connectivity index (χ0v) is 73.0. The van der Waals surface area contributed by atoms with Gasteiger partial charge < -0.3 is 115 Å². The van der Waals surface area contributed by atoms with Crippen molar-refractivity contribution in [1.29, 1.82) is 0 Å². The standard InChI is InChI=1S/2C28H33.4C4H8O.2Cd.4HI.2Li/c2*1-15-17(3)21(7)27(22(8)18(15)4)25-12-11-13-26(14-25)28-23(9)19(5)16(2)20(6)24(28)10;4*1-2-4-5-3-1;;;;;;;;/h2*11-13H,1-10H3;4*1-4H2;;;4*1H;;/q2*-1;;;;;2*+2;;;;;2*+1/p-4. The predicted octanol–water partition coefficient (Wildman–Crippen LogP) is 1.02. The van der Waals surface area contributed by atoms with Gasteiger partial charge >= 0.3 is 92.3 Å². The summed E-state index contributed by atoms with van der Waals surface area (Å²) in [5, 5.41) is 0. The van der Waals surface area contributed by atoms with Gasteiger partial charge in [0, 0.05) is 52.9 Å². The van der Waals surface area contributed by atoms with Gasteiger partial charge in [-0.25, -0.2) is 0 Å². The van der Waals surface area contributed by atoms with Crippen molar-refractivity contribution < 1.29 is 207 Å². The second kappa shape index (κ2) is 45.4. The molecule has 0 unspecified atom stereocenters. The van der Waals surface area contributed by atoms with Gasteiger partial charge in [-0.15, -0.1) is 70.8 Å². The minimum Gasteiger partial charge on any atom is -1.00 e. The van der Waals surface area contributed by atoms with Gasteiger partial charge in [0.25, 0.3) is 0 Å². The van der Waals surface area contributed by atoms with Crippen molar-refractivity contribution in [3.63, 3.8) is 0 Å². The molecule has 0 N–H and O–H groups in total. The molecule has 4 aliphatic rings. The Labute approximate surface area is 645 Å². The van der Waals surface area contributed by atoms with Gasteiger partial charge in [-0.3, -0.25) is 0 Å². The van der Waals surface area contributed by atoms with Gasteiger partial charge in [-0.05, 0) is 212 Å². The van der Waals surface area contributed by atoms with Crippen LogP contribution in [0.4, 0.5) is 0 Å². The maximum Gasteiger partial charge on any atom is 2.00 e. The van der Waals surface area contributed by atoms with Crippen LogP contribution < -0.4 is 134 Å². The summed E-state index contributed by atoms with van der Waals surface area (Å²) in [6, 6.07) is 20.8. The second-order valence-electron chi connectivity index (χ2n) is 22.2. The molecule has 0 radical (unpaired) electrons. The molecule has 4 aliphatic heterocycles. The average molecular weight is 1770 g/mol. The number of hydrogen-bond donors (Lipinski definition) is 0. The summed E-state index contributed by atoms with van der Waals surface area (Å²) < 4.78 is 19.8. The fourth-order valence-corrected chi connectivity index (χ4v) is 11.2. The monoisotopic (exact) mass is 1780 g/mol. The number of benzene rings is 6. The summed E-state index contributed by atoms with van der Waals surface area (Å²) >= 11 is 0. The first-order valence-corrected chi connectivity index (χ1v) is 28.8. The average Bonchev–Trinajstić information content (AvgIpc) is 4.30. The third-order valence-corrected chi connectivity index (χ3v) is 18.0. The SMILES string of the molecule is C1CCOC1.C1CCOC1.C1CCOC1.C1CCOC1.Cc1c(C)c(C)c(-c2[c-]c(-c3c(C)c(C)c(C)c(C)c3C)ccc2)c(C)c1C.Cc1c(C)c(C)c(-c2[c-]c(-c3c(C)c(C)c(C)c(C)c3C)ccc2)c(C)c1C.[Cd+2].[Cd+2].[I-].[I-].[I-].[I-].[Li+].[Li+]. The van der Waals surface area contributed by atoms with Crippen molar-refractivity contribution in [2.75, 3.05) is 52.9 Å². The summed E-state index contributed by atoms with van der Waals surface area (Å²) in [5.74, 6) is 0. The van der Waals surface area contributed by atoms with Crippen molar-refractivity contribution in [2.24, 2.45) is 0 Å². The summed E-state index contributed by atoms with van der Waals surface area (Å²) in [6.45, 7) is 52.9. The quantitative estimate of drug-likeness (QED) is 0.150. The molecule has 0 aliphatic carbocycles. The van der Waals surface area contributed by atoms with Gasteiger partial charge in [0.05, 0.1) is 0 Å². The van der Waals surface area contributed by atoms with Crippen LogP contribution in [0.3, 0.4) is 0 Å². The number of halogens is 4. The zero-order valence-electron chi connectivity index (χ0n) is 56.3. The molecule has 6 aromatic rings. The van der Waals surface area contributed by atoms with E-state index in [1.807, 2.05) is 0 Å². The first kappa shape index (κ1) is 91.5. The van der Waals surface area contributed by atoms with Crippen LogP contribution in [0.1, 0.15) is 163 Å². The first-order chi connectivity index (χ1) is 36.1. The fraction of sp³-hybridized carbons (Fsp3) is 0.500. The van der Waals surface area contributed by atoms with Crippen molar-refractivity contribution in [2.45, 2.75) is 190 Å². The van der Waals surface area contributed by atoms with Crippen LogP contribution >= 0.6 is 0 Å². The summed E-state index contributed by atoms with van der Waals surface area (Å²) in [7, 11) is 0. The van der Waals surface area contributed by atoms with E-state index in [0.29, 0.717) is 0 Å². The largest absolute Gasteiger partial charge is 2.00 e. The Morgan fingerprint density at radius 1 is 0.226 bits per heavy atom. The van der Waals surface area contributed by atoms with Crippen LogP contribution in [0.5, 0.6) is 0 Å². The van der Waals surface area contributed by atoms with Crippen LogP contribution in [-0.4, -0.2) is 52.9 Å². The number of rotatable bonds is 4. The van der Waals surface area contributed by atoms with E-state index in [0.717, 1.165) is 52.9 Å². The predicted molar refractivity (Wildman–Crippen MR) is 327 cm³/mol. The molecule has 4 nitrogen and oxygen atoms in total. The Bertz CT molecular complexity index is 2430. The minimum absolute atomic E-state index is 0. The normalized spacial score (nSPS) is 13.2. The molecule has 6 aromatic carbocycles. The fourth-order valence-electron chi connectivity index (χ4n) is 11.2. The molecule has 0 atom stereocenters. The van der Waals surface area contributed by atoms with E-state index < -0.39 is 0 Å². The molecule has 12 heteroatoms. The summed E-state index contributed by atoms with van der Waals surface area (Å²) in [4.78, 5) is 0. The topological polar surface area (TPSA) is 36.9 Å². The molecule has 4 fully saturated rings. The zero-order chi connectivity index (χ0) is 56.0. The van der Waals surface area contributed by atoms with E-state index in [4.69, 9.17) is 18.9 Å². The maximum atomic E-state index is 4.94. The molecule has 444 valence electrons. The second-order valence-corrected chi connectivity index (χ2v) is 22.2. The Morgan fingerprint density at radius 3 is 0.452 bits per heavy atom. The smallest absolute Gasteiger partial charge is 1.00 e. The van der Waals surface area contributed by atoms with E-state index in [9.17, 15) is 0 Å². The molecule has 4 saturated heterocycles. The Balaban J connectivity index is -0.000000530. The Hall–Kier alpha value is 1.12. The van der Waals surface area contributed by atoms with E-state index in [1.165, 1.54) is 207 Å². The molecule has 0 bridgehead atoms. The molecule has 0 aromatic heterocycles. The van der Waals surface area contributed by atoms with Gasteiger partial charge in [0.1, 0.15) is 0 Å². The van der Waals surface area contributed by atoms with Crippen molar-refractivity contribution in [1.82, 2.24) is 0 Å². The van der Waals surface area contributed by atoms with Crippen LogP contribution in [-0.2, 0) is 73.5 Å². The third kappa shape index (κ3) is 23.9. The third-order valence-electron chi connectivity index (χ3n) is 18.0. The maximum absolute atomic E-state index is 4.94. The van der Waals surface area contributed by atoms with E-state index in [-0.39, 0.29) is 188 Å². The van der Waals surface area contributed by atoms with Gasteiger partial charge in [0.15, 0.2) is 0 Å². The minimum atomic E-state index is 0. The van der Waals surface area contributed by atoms with Crippen molar-refractivity contribution in [3.8, 4) is 44.5 Å². The molecule has 0 spiro atoms. The van der Waals surface area contributed by atoms with E-state index in [2.05, 4.69) is 187 Å². The summed E-state index contributed by atoms with van der Waals surface area (Å²) in [5.41, 5.74) is 38.0. The Kier molecular flexibility index (Phi) is 49.5. The van der Waals surface area contributed by atoms with Gasteiger partial charge in [-0.1, -0.05) is 111 Å². The number of ether oxygens (including phenoxy) is 4. The van der Waals surface area contributed by atoms with E-state index >= 15 is 0 Å². The molecule has 10 rings (SSSR count). The van der Waals surface area contributed by atoms with Crippen LogP contribution in [0.15, 0.2) is 36.4 Å². The molecule has 84 heavy (non-hydrogen) atoms. The van der Waals surface area contributed by atoms with Crippen molar-refractivity contribution >= 4 is 0 Å². The number of hydrogen-bond acceptors (Lipinski definition) is 4. The van der Waals surface area contributed by atoms with Gasteiger partial charge in [0.2, 0.25) is 0 Å². The van der Waals surface area contributed by atoms with Crippen LogP contribution in [0.2, 0.25) is 0 Å². The molecular weight excluding hydrogens is 1680 g/mol. The van der Waals surface area contributed by atoms with Crippen molar-refractivity contribution in [3.05, 3.63) is 160 Å². The van der Waals surface area contributed by atoms with E-state index in [1.54, 1.807) is 0 Å².